The van der Waals surface area contributed by atoms with Crippen LogP contribution in [-0.2, 0) is 9.47 Å². The molecule has 3 heterocycles. The van der Waals surface area contributed by atoms with E-state index in [1.807, 2.05) is 0 Å². The fourth-order valence-corrected chi connectivity index (χ4v) is 3.55. The van der Waals surface area contributed by atoms with Gasteiger partial charge >= 0.3 is 0 Å². The molecule has 3 aliphatic rings. The summed E-state index contributed by atoms with van der Waals surface area (Å²) in [7, 11) is 0. The second kappa shape index (κ2) is 5.32. The van der Waals surface area contributed by atoms with Crippen molar-refractivity contribution in [1.29, 1.82) is 0 Å². The first-order valence-electron chi connectivity index (χ1n) is 7.78. The van der Waals surface area contributed by atoms with E-state index in [1.54, 1.807) is 0 Å². The molecule has 4 heteroatoms. The van der Waals surface area contributed by atoms with Crippen molar-refractivity contribution < 1.29 is 9.47 Å². The molecular formula is C15H28N2O2. The number of hydrogen-bond donors (Lipinski definition) is 0. The summed E-state index contributed by atoms with van der Waals surface area (Å²) >= 11 is 0. The molecule has 3 saturated heterocycles. The Morgan fingerprint density at radius 2 is 1.95 bits per heavy atom. The quantitative estimate of drug-likeness (QED) is 0.772. The van der Waals surface area contributed by atoms with Gasteiger partial charge in [-0.3, -0.25) is 9.80 Å². The summed E-state index contributed by atoms with van der Waals surface area (Å²) in [6.07, 6.45) is 2.52. The Morgan fingerprint density at radius 1 is 1.21 bits per heavy atom. The Kier molecular flexibility index (Phi) is 3.87. The van der Waals surface area contributed by atoms with E-state index in [4.69, 9.17) is 9.47 Å². The zero-order valence-electron chi connectivity index (χ0n) is 12.6. The van der Waals surface area contributed by atoms with Gasteiger partial charge in [0.25, 0.3) is 0 Å². The van der Waals surface area contributed by atoms with Crippen LogP contribution in [0.25, 0.3) is 0 Å². The Balaban J connectivity index is 1.43. The highest BCUT2D eigenvalue weighted by Gasteiger charge is 2.50. The second-order valence-electron chi connectivity index (χ2n) is 7.00. The molecule has 0 bridgehead atoms. The Hall–Kier alpha value is -0.160. The Morgan fingerprint density at radius 3 is 2.53 bits per heavy atom. The smallest absolute Gasteiger partial charge is 0.0992 e. The molecule has 0 aromatic rings. The number of nitrogens with zero attached hydrogens (tertiary/aromatic N) is 2. The van der Waals surface area contributed by atoms with Gasteiger partial charge in [-0.05, 0) is 33.1 Å². The zero-order chi connectivity index (χ0) is 13.5. The average Bonchev–Trinajstić information content (AvgIpc) is 2.25. The van der Waals surface area contributed by atoms with Crippen molar-refractivity contribution in [3.05, 3.63) is 0 Å². The summed E-state index contributed by atoms with van der Waals surface area (Å²) in [6.45, 7) is 13.1. The van der Waals surface area contributed by atoms with Crippen LogP contribution in [0.5, 0.6) is 0 Å². The summed E-state index contributed by atoms with van der Waals surface area (Å²) in [4.78, 5) is 5.01. The molecule has 0 radical (unpaired) electrons. The van der Waals surface area contributed by atoms with Crippen LogP contribution in [0.1, 0.15) is 33.6 Å². The van der Waals surface area contributed by atoms with Crippen LogP contribution >= 0.6 is 0 Å². The molecule has 0 aromatic heterocycles. The fraction of sp³-hybridized carbons (Fsp3) is 1.00. The van der Waals surface area contributed by atoms with E-state index in [0.717, 1.165) is 33.0 Å². The minimum atomic E-state index is 0.265. The molecule has 3 fully saturated rings. The lowest BCUT2D eigenvalue weighted by Crippen LogP contribution is -2.70. The van der Waals surface area contributed by atoms with Crippen molar-refractivity contribution in [2.75, 3.05) is 39.6 Å². The lowest BCUT2D eigenvalue weighted by Gasteiger charge is -2.57. The first kappa shape index (κ1) is 13.8. The molecular weight excluding hydrogens is 240 g/mol. The maximum Gasteiger partial charge on any atom is 0.0992 e. The van der Waals surface area contributed by atoms with Gasteiger partial charge in [-0.1, -0.05) is 0 Å². The highest BCUT2D eigenvalue weighted by molar-refractivity contribution is 5.03. The molecule has 2 unspecified atom stereocenters. The fourth-order valence-electron chi connectivity index (χ4n) is 3.55. The number of ether oxygens (including phenoxy) is 2. The number of likely N-dealkylation sites (tertiary alicyclic amines) is 1. The summed E-state index contributed by atoms with van der Waals surface area (Å²) in [5.41, 5.74) is 0.265. The molecule has 0 amide bonds. The number of rotatable bonds is 4. The second-order valence-corrected chi connectivity index (χ2v) is 7.00. The van der Waals surface area contributed by atoms with E-state index in [9.17, 15) is 0 Å². The van der Waals surface area contributed by atoms with Gasteiger partial charge in [0, 0.05) is 38.1 Å². The molecule has 3 aliphatic heterocycles. The zero-order valence-corrected chi connectivity index (χ0v) is 12.6. The van der Waals surface area contributed by atoms with Gasteiger partial charge in [-0.15, -0.1) is 0 Å². The van der Waals surface area contributed by atoms with Crippen LogP contribution < -0.4 is 0 Å². The molecule has 3 rings (SSSR count). The first-order valence-corrected chi connectivity index (χ1v) is 7.78. The number of hydrogen-bond acceptors (Lipinski definition) is 4. The van der Waals surface area contributed by atoms with Gasteiger partial charge in [0.1, 0.15) is 0 Å². The molecule has 2 atom stereocenters. The van der Waals surface area contributed by atoms with E-state index in [0.29, 0.717) is 18.0 Å². The molecule has 1 spiro atoms. The summed E-state index contributed by atoms with van der Waals surface area (Å²) < 4.78 is 11.4. The average molecular weight is 268 g/mol. The molecule has 0 aromatic carbocycles. The summed E-state index contributed by atoms with van der Waals surface area (Å²) in [5, 5.41) is 0. The van der Waals surface area contributed by atoms with Crippen LogP contribution in [0.3, 0.4) is 0 Å². The molecule has 0 saturated carbocycles. The van der Waals surface area contributed by atoms with Gasteiger partial charge in [0.05, 0.1) is 25.5 Å². The Bertz CT molecular complexity index is 309. The highest BCUT2D eigenvalue weighted by atomic mass is 16.5. The predicted molar refractivity (Wildman–Crippen MR) is 75.1 cm³/mol. The van der Waals surface area contributed by atoms with Crippen molar-refractivity contribution in [3.8, 4) is 0 Å². The van der Waals surface area contributed by atoms with E-state index >= 15 is 0 Å². The Labute approximate surface area is 117 Å². The van der Waals surface area contributed by atoms with Crippen molar-refractivity contribution in [2.24, 2.45) is 5.92 Å². The normalized spacial score (nSPS) is 33.2. The monoisotopic (exact) mass is 268 g/mol. The predicted octanol–water partition coefficient (Wildman–Crippen LogP) is 1.55. The van der Waals surface area contributed by atoms with Crippen molar-refractivity contribution in [3.63, 3.8) is 0 Å². The van der Waals surface area contributed by atoms with Gasteiger partial charge in [0.2, 0.25) is 0 Å². The van der Waals surface area contributed by atoms with Crippen molar-refractivity contribution in [1.82, 2.24) is 9.80 Å². The maximum absolute atomic E-state index is 5.74. The van der Waals surface area contributed by atoms with E-state index < -0.39 is 0 Å². The van der Waals surface area contributed by atoms with Gasteiger partial charge in [0.15, 0.2) is 0 Å². The SMILES string of the molecule is CC(C)N1COCC(CC(C)N2CC3(CCO3)C2)C1. The largest absolute Gasteiger partial charge is 0.372 e. The van der Waals surface area contributed by atoms with Crippen molar-refractivity contribution >= 4 is 0 Å². The lowest BCUT2D eigenvalue weighted by molar-refractivity contribution is -0.230. The topological polar surface area (TPSA) is 24.9 Å². The highest BCUT2D eigenvalue weighted by Crippen LogP contribution is 2.37. The van der Waals surface area contributed by atoms with Crippen LogP contribution in [0.4, 0.5) is 0 Å². The lowest BCUT2D eigenvalue weighted by atomic mass is 9.84. The minimum absolute atomic E-state index is 0.265. The molecule has 19 heavy (non-hydrogen) atoms. The van der Waals surface area contributed by atoms with E-state index in [1.165, 1.54) is 19.4 Å². The molecule has 0 aliphatic carbocycles. The first-order chi connectivity index (χ1) is 9.08. The molecule has 4 nitrogen and oxygen atoms in total. The standard InChI is InChI=1S/C15H28N2O2/c1-12(2)16-7-14(8-18-11-16)6-13(3)17-9-15(10-17)4-5-19-15/h12-14H,4-11H2,1-3H3. The third-order valence-electron chi connectivity index (χ3n) is 5.08. The van der Waals surface area contributed by atoms with Gasteiger partial charge < -0.3 is 9.47 Å². The van der Waals surface area contributed by atoms with Gasteiger partial charge in [-0.25, -0.2) is 0 Å². The van der Waals surface area contributed by atoms with Crippen LogP contribution in [0, 0.1) is 5.92 Å². The van der Waals surface area contributed by atoms with E-state index in [2.05, 4.69) is 30.6 Å². The van der Waals surface area contributed by atoms with Crippen LogP contribution in [0.2, 0.25) is 0 Å². The minimum Gasteiger partial charge on any atom is -0.372 e. The van der Waals surface area contributed by atoms with Crippen LogP contribution in [0.15, 0.2) is 0 Å². The maximum atomic E-state index is 5.74. The summed E-state index contributed by atoms with van der Waals surface area (Å²) in [5.74, 6) is 0.685. The third kappa shape index (κ3) is 2.82. The van der Waals surface area contributed by atoms with E-state index in [-0.39, 0.29) is 5.60 Å². The third-order valence-corrected chi connectivity index (χ3v) is 5.08. The molecule has 110 valence electrons. The van der Waals surface area contributed by atoms with Crippen LogP contribution in [-0.4, -0.2) is 67.1 Å². The molecule has 0 N–H and O–H groups in total. The van der Waals surface area contributed by atoms with Crippen molar-refractivity contribution in [2.45, 2.75) is 51.3 Å². The summed E-state index contributed by atoms with van der Waals surface area (Å²) in [6, 6.07) is 1.25. The van der Waals surface area contributed by atoms with Gasteiger partial charge in [-0.2, -0.15) is 0 Å².